The number of Topliss-reactive ketones (excluding diaryl/α,β-unsaturated/α-hetero) is 1. The SMILES string of the molecule is CC(=O)CC1CS(=O)(=O)c2ccc(O)cc21. The number of rotatable bonds is 2. The van der Waals surface area contributed by atoms with Crippen molar-refractivity contribution < 1.29 is 18.3 Å². The van der Waals surface area contributed by atoms with Gasteiger partial charge in [-0.1, -0.05) is 0 Å². The molecular formula is C11H12O4S. The second-order valence-electron chi connectivity index (χ2n) is 4.11. The van der Waals surface area contributed by atoms with Gasteiger partial charge in [0.15, 0.2) is 9.84 Å². The lowest BCUT2D eigenvalue weighted by Gasteiger charge is -2.06. The summed E-state index contributed by atoms with van der Waals surface area (Å²) in [6, 6.07) is 4.19. The van der Waals surface area contributed by atoms with Gasteiger partial charge in [0.25, 0.3) is 0 Å². The van der Waals surface area contributed by atoms with Crippen LogP contribution in [-0.2, 0) is 14.6 Å². The van der Waals surface area contributed by atoms with Crippen LogP contribution in [0.4, 0.5) is 0 Å². The van der Waals surface area contributed by atoms with E-state index in [-0.39, 0.29) is 34.5 Å². The highest BCUT2D eigenvalue weighted by Crippen LogP contribution is 2.38. The summed E-state index contributed by atoms with van der Waals surface area (Å²) in [5.41, 5.74) is 0.565. The molecule has 1 aromatic rings. The van der Waals surface area contributed by atoms with E-state index in [9.17, 15) is 18.3 Å². The van der Waals surface area contributed by atoms with Crippen LogP contribution in [0, 0.1) is 0 Å². The Morgan fingerprint density at radius 2 is 2.19 bits per heavy atom. The van der Waals surface area contributed by atoms with Crippen LogP contribution in [0.25, 0.3) is 0 Å². The van der Waals surface area contributed by atoms with Crippen LogP contribution < -0.4 is 0 Å². The molecule has 1 aliphatic rings. The average Bonchev–Trinajstić information content (AvgIpc) is 2.37. The number of hydrogen-bond acceptors (Lipinski definition) is 4. The molecule has 0 aliphatic carbocycles. The molecule has 0 radical (unpaired) electrons. The number of phenols is 1. The molecule has 16 heavy (non-hydrogen) atoms. The minimum absolute atomic E-state index is 0.0319. The average molecular weight is 240 g/mol. The Kier molecular flexibility index (Phi) is 2.50. The number of phenolic OH excluding ortho intramolecular Hbond substituents is 1. The molecule has 0 aromatic heterocycles. The smallest absolute Gasteiger partial charge is 0.179 e. The topological polar surface area (TPSA) is 71.4 Å². The van der Waals surface area contributed by atoms with E-state index in [1.807, 2.05) is 0 Å². The van der Waals surface area contributed by atoms with E-state index in [0.29, 0.717) is 5.56 Å². The molecular weight excluding hydrogens is 228 g/mol. The summed E-state index contributed by atoms with van der Waals surface area (Å²) >= 11 is 0. The predicted molar refractivity (Wildman–Crippen MR) is 58.2 cm³/mol. The van der Waals surface area contributed by atoms with Gasteiger partial charge in [0.1, 0.15) is 11.5 Å². The summed E-state index contributed by atoms with van der Waals surface area (Å²) in [6.45, 7) is 1.44. The van der Waals surface area contributed by atoms with Gasteiger partial charge >= 0.3 is 0 Å². The number of carbonyl (C=O) groups excluding carboxylic acids is 1. The molecule has 0 saturated carbocycles. The third-order valence-corrected chi connectivity index (χ3v) is 4.61. The molecule has 1 aliphatic heterocycles. The minimum atomic E-state index is -3.28. The summed E-state index contributed by atoms with van der Waals surface area (Å²) in [5.74, 6) is -0.365. The lowest BCUT2D eigenvalue weighted by Crippen LogP contribution is -2.07. The molecule has 1 atom stereocenters. The Bertz CT molecular complexity index is 545. The lowest BCUT2D eigenvalue weighted by molar-refractivity contribution is -0.117. The first-order valence-corrected chi connectivity index (χ1v) is 6.60. The van der Waals surface area contributed by atoms with Crippen molar-refractivity contribution in [3.05, 3.63) is 23.8 Å². The van der Waals surface area contributed by atoms with Gasteiger partial charge in [0, 0.05) is 12.3 Å². The first kappa shape index (κ1) is 11.1. The molecule has 0 fully saturated rings. The number of fused-ring (bicyclic) bond motifs is 1. The van der Waals surface area contributed by atoms with Crippen LogP contribution in [0.1, 0.15) is 24.8 Å². The van der Waals surface area contributed by atoms with Crippen molar-refractivity contribution in [2.24, 2.45) is 0 Å². The van der Waals surface area contributed by atoms with Gasteiger partial charge in [0.2, 0.25) is 0 Å². The first-order chi connectivity index (χ1) is 7.40. The molecule has 0 bridgehead atoms. The van der Waals surface area contributed by atoms with E-state index in [4.69, 9.17) is 0 Å². The number of hydrogen-bond donors (Lipinski definition) is 1. The third kappa shape index (κ3) is 1.82. The fourth-order valence-electron chi connectivity index (χ4n) is 2.10. The van der Waals surface area contributed by atoms with Gasteiger partial charge in [-0.25, -0.2) is 8.42 Å². The predicted octanol–water partition coefficient (Wildman–Crippen LogP) is 1.24. The van der Waals surface area contributed by atoms with Crippen molar-refractivity contribution in [1.29, 1.82) is 0 Å². The van der Waals surface area contributed by atoms with E-state index in [0.717, 1.165) is 0 Å². The summed E-state index contributed by atoms with van der Waals surface area (Å²) in [7, 11) is -3.28. The minimum Gasteiger partial charge on any atom is -0.508 e. The van der Waals surface area contributed by atoms with Gasteiger partial charge in [-0.2, -0.15) is 0 Å². The zero-order valence-corrected chi connectivity index (χ0v) is 9.62. The zero-order chi connectivity index (χ0) is 11.9. The number of ketones is 1. The third-order valence-electron chi connectivity index (χ3n) is 2.72. The maximum absolute atomic E-state index is 11.8. The number of benzene rings is 1. The van der Waals surface area contributed by atoms with E-state index in [2.05, 4.69) is 0 Å². The zero-order valence-electron chi connectivity index (χ0n) is 8.80. The fraction of sp³-hybridized carbons (Fsp3) is 0.364. The maximum Gasteiger partial charge on any atom is 0.179 e. The van der Waals surface area contributed by atoms with Crippen LogP contribution in [0.5, 0.6) is 5.75 Å². The molecule has 1 heterocycles. The van der Waals surface area contributed by atoms with E-state index in [1.54, 1.807) is 0 Å². The van der Waals surface area contributed by atoms with Crippen LogP contribution in [0.3, 0.4) is 0 Å². The van der Waals surface area contributed by atoms with Gasteiger partial charge in [0.05, 0.1) is 10.6 Å². The summed E-state index contributed by atoms with van der Waals surface area (Å²) < 4.78 is 23.5. The van der Waals surface area contributed by atoms with E-state index in [1.165, 1.54) is 25.1 Å². The molecule has 86 valence electrons. The van der Waals surface area contributed by atoms with E-state index < -0.39 is 9.84 Å². The van der Waals surface area contributed by atoms with Crippen LogP contribution in [0.15, 0.2) is 23.1 Å². The number of carbonyl (C=O) groups is 1. The summed E-state index contributed by atoms with van der Waals surface area (Å²) in [5, 5.41) is 9.34. The Morgan fingerprint density at radius 1 is 1.50 bits per heavy atom. The van der Waals surface area contributed by atoms with Gasteiger partial charge in [-0.3, -0.25) is 0 Å². The Balaban J connectivity index is 2.52. The van der Waals surface area contributed by atoms with Crippen LogP contribution in [0.2, 0.25) is 0 Å². The second kappa shape index (κ2) is 3.59. The highest BCUT2D eigenvalue weighted by molar-refractivity contribution is 7.91. The first-order valence-electron chi connectivity index (χ1n) is 4.95. The van der Waals surface area contributed by atoms with Gasteiger partial charge < -0.3 is 9.90 Å². The molecule has 0 amide bonds. The van der Waals surface area contributed by atoms with Gasteiger partial charge in [-0.05, 0) is 30.7 Å². The second-order valence-corrected chi connectivity index (χ2v) is 6.11. The molecule has 2 rings (SSSR count). The van der Waals surface area contributed by atoms with Crippen LogP contribution >= 0.6 is 0 Å². The quantitative estimate of drug-likeness (QED) is 0.844. The van der Waals surface area contributed by atoms with Gasteiger partial charge in [-0.15, -0.1) is 0 Å². The standard InChI is InChI=1S/C11H12O4S/c1-7(12)4-8-6-16(14,15)11-3-2-9(13)5-10(8)11/h2-3,5,8,13H,4,6H2,1H3. The molecule has 1 aromatic carbocycles. The van der Waals surface area contributed by atoms with Crippen molar-refractivity contribution in [2.75, 3.05) is 5.75 Å². The van der Waals surface area contributed by atoms with Crippen molar-refractivity contribution in [3.63, 3.8) is 0 Å². The molecule has 1 N–H and O–H groups in total. The summed E-state index contributed by atoms with van der Waals surface area (Å²) in [4.78, 5) is 11.3. The number of aromatic hydroxyl groups is 1. The molecule has 1 unspecified atom stereocenters. The molecule has 0 spiro atoms. The van der Waals surface area contributed by atoms with Crippen molar-refractivity contribution in [3.8, 4) is 5.75 Å². The highest BCUT2D eigenvalue weighted by atomic mass is 32.2. The normalized spacial score (nSPS) is 21.7. The molecule has 5 heteroatoms. The van der Waals surface area contributed by atoms with E-state index >= 15 is 0 Å². The van der Waals surface area contributed by atoms with Crippen LogP contribution in [-0.4, -0.2) is 25.1 Å². The van der Waals surface area contributed by atoms with Crippen molar-refractivity contribution in [2.45, 2.75) is 24.2 Å². The maximum atomic E-state index is 11.8. The summed E-state index contributed by atoms with van der Waals surface area (Å²) in [6.07, 6.45) is 0.204. The Morgan fingerprint density at radius 3 is 2.81 bits per heavy atom. The molecule has 4 nitrogen and oxygen atoms in total. The fourth-order valence-corrected chi connectivity index (χ4v) is 3.97. The Labute approximate surface area is 93.8 Å². The Hall–Kier alpha value is -1.36. The number of sulfone groups is 1. The largest absolute Gasteiger partial charge is 0.508 e. The lowest BCUT2D eigenvalue weighted by atomic mass is 9.96. The van der Waals surface area contributed by atoms with Crippen molar-refractivity contribution in [1.82, 2.24) is 0 Å². The van der Waals surface area contributed by atoms with Crippen molar-refractivity contribution >= 4 is 15.6 Å². The monoisotopic (exact) mass is 240 g/mol. The molecule has 0 saturated heterocycles. The highest BCUT2D eigenvalue weighted by Gasteiger charge is 2.35.